The molecule has 2 unspecified atom stereocenters. The van der Waals surface area contributed by atoms with Crippen LogP contribution in [0.1, 0.15) is 29.5 Å². The second-order valence-corrected chi connectivity index (χ2v) is 10.7. The number of carbonyl (C=O) groups excluding carboxylic acids is 2. The number of carbonyl (C=O) groups is 2. The van der Waals surface area contributed by atoms with E-state index in [2.05, 4.69) is 4.72 Å². The Kier molecular flexibility index (Phi) is 9.91. The van der Waals surface area contributed by atoms with Crippen molar-refractivity contribution in [1.82, 2.24) is 4.72 Å². The molecule has 2 atom stereocenters. The zero-order chi connectivity index (χ0) is 28.6. The summed E-state index contributed by atoms with van der Waals surface area (Å²) >= 11 is 6.14. The first kappa shape index (κ1) is 29.9. The van der Waals surface area contributed by atoms with Crippen LogP contribution < -0.4 is 4.72 Å². The van der Waals surface area contributed by atoms with E-state index in [1.54, 1.807) is 73.7 Å². The fraction of sp³-hybridized carbons (Fsp3) is 0.241. The standard InChI is InChI=1S/C29H30ClNO7S/c1-5-38-29(28(33)37-4,22-9-7-6-8-10-22)25(21-13-15-23(30)16-14-21)19-26(27(32)36-3)31-39(34,35)24-17-11-20(2)12-18-24/h6-19,25,31H,5H2,1-4H3/b26-19-. The first-order valence-electron chi connectivity index (χ1n) is 12.0. The zero-order valence-corrected chi connectivity index (χ0v) is 23.6. The van der Waals surface area contributed by atoms with Crippen LogP contribution >= 0.6 is 11.6 Å². The van der Waals surface area contributed by atoms with E-state index in [9.17, 15) is 18.0 Å². The molecule has 0 aromatic heterocycles. The molecule has 206 valence electrons. The van der Waals surface area contributed by atoms with Crippen LogP contribution in [0, 0.1) is 6.92 Å². The Balaban J connectivity index is 2.32. The van der Waals surface area contributed by atoms with E-state index >= 15 is 0 Å². The van der Waals surface area contributed by atoms with Gasteiger partial charge in [-0.05, 0) is 55.3 Å². The van der Waals surface area contributed by atoms with Crippen LogP contribution in [0.5, 0.6) is 0 Å². The van der Waals surface area contributed by atoms with Crippen molar-refractivity contribution in [3.05, 3.63) is 112 Å². The average Bonchev–Trinajstić information content (AvgIpc) is 2.94. The van der Waals surface area contributed by atoms with Crippen molar-refractivity contribution in [3.8, 4) is 0 Å². The lowest BCUT2D eigenvalue weighted by atomic mass is 9.76. The molecule has 0 radical (unpaired) electrons. The molecule has 0 saturated heterocycles. The number of nitrogens with one attached hydrogen (secondary N) is 1. The van der Waals surface area contributed by atoms with Crippen LogP contribution in [-0.4, -0.2) is 41.2 Å². The van der Waals surface area contributed by atoms with Gasteiger partial charge in [-0.15, -0.1) is 0 Å². The Labute approximate surface area is 233 Å². The van der Waals surface area contributed by atoms with Crippen molar-refractivity contribution in [2.24, 2.45) is 0 Å². The quantitative estimate of drug-likeness (QED) is 0.258. The molecule has 0 amide bonds. The van der Waals surface area contributed by atoms with Gasteiger partial charge in [0.1, 0.15) is 5.70 Å². The SMILES string of the molecule is CCOC(C(=O)OC)(c1ccccc1)C(/C=C(\NS(=O)(=O)c1ccc(C)cc1)C(=O)OC)c1ccc(Cl)cc1. The highest BCUT2D eigenvalue weighted by Crippen LogP contribution is 2.43. The fourth-order valence-corrected chi connectivity index (χ4v) is 5.36. The molecule has 0 spiro atoms. The van der Waals surface area contributed by atoms with Gasteiger partial charge < -0.3 is 14.2 Å². The van der Waals surface area contributed by atoms with E-state index < -0.39 is 39.2 Å². The van der Waals surface area contributed by atoms with Crippen molar-refractivity contribution in [2.45, 2.75) is 30.3 Å². The molecule has 3 aromatic rings. The first-order chi connectivity index (χ1) is 18.6. The summed E-state index contributed by atoms with van der Waals surface area (Å²) in [6.07, 6.45) is 1.31. The summed E-state index contributed by atoms with van der Waals surface area (Å²) in [6.45, 7) is 3.62. The van der Waals surface area contributed by atoms with Gasteiger partial charge in [-0.2, -0.15) is 0 Å². The molecular formula is C29H30ClNO7S. The number of hydrogen-bond donors (Lipinski definition) is 1. The van der Waals surface area contributed by atoms with E-state index in [-0.39, 0.29) is 11.5 Å². The second-order valence-electron chi connectivity index (χ2n) is 8.55. The molecule has 0 fully saturated rings. The number of aryl methyl sites for hydroxylation is 1. The van der Waals surface area contributed by atoms with Crippen LogP contribution in [0.4, 0.5) is 0 Å². The minimum Gasteiger partial charge on any atom is -0.467 e. The lowest BCUT2D eigenvalue weighted by Gasteiger charge is -2.37. The highest BCUT2D eigenvalue weighted by molar-refractivity contribution is 7.89. The van der Waals surface area contributed by atoms with Gasteiger partial charge in [-0.1, -0.05) is 71.8 Å². The summed E-state index contributed by atoms with van der Waals surface area (Å²) in [5.41, 5.74) is -0.434. The maximum atomic E-state index is 13.6. The number of hydrogen-bond acceptors (Lipinski definition) is 7. The maximum Gasteiger partial charge on any atom is 0.354 e. The molecule has 3 aromatic carbocycles. The van der Waals surface area contributed by atoms with Crippen molar-refractivity contribution in [1.29, 1.82) is 0 Å². The third-order valence-electron chi connectivity index (χ3n) is 6.04. The third-order valence-corrected chi connectivity index (χ3v) is 7.68. The second kappa shape index (κ2) is 12.9. The van der Waals surface area contributed by atoms with E-state index in [1.165, 1.54) is 25.3 Å². The molecule has 0 heterocycles. The highest BCUT2D eigenvalue weighted by atomic mass is 35.5. The van der Waals surface area contributed by atoms with Gasteiger partial charge in [0.05, 0.1) is 19.1 Å². The molecule has 10 heteroatoms. The summed E-state index contributed by atoms with van der Waals surface area (Å²) in [5.74, 6) is -2.79. The van der Waals surface area contributed by atoms with E-state index in [1.807, 2.05) is 6.92 Å². The monoisotopic (exact) mass is 571 g/mol. The maximum absolute atomic E-state index is 13.6. The number of benzene rings is 3. The molecule has 0 saturated carbocycles. The number of methoxy groups -OCH3 is 2. The normalized spacial score (nSPS) is 14.1. The summed E-state index contributed by atoms with van der Waals surface area (Å²) < 4.78 is 45.2. The molecule has 0 aliphatic heterocycles. The zero-order valence-electron chi connectivity index (χ0n) is 22.0. The molecule has 39 heavy (non-hydrogen) atoms. The Bertz CT molecular complexity index is 1420. The summed E-state index contributed by atoms with van der Waals surface area (Å²) in [4.78, 5) is 26.5. The van der Waals surface area contributed by atoms with Gasteiger partial charge in [-0.3, -0.25) is 4.72 Å². The third kappa shape index (κ3) is 6.68. The number of esters is 2. The summed E-state index contributed by atoms with van der Waals surface area (Å²) in [5, 5.41) is 0.439. The Morgan fingerprint density at radius 3 is 2.10 bits per heavy atom. The van der Waals surface area contributed by atoms with Crippen LogP contribution in [0.3, 0.4) is 0 Å². The lowest BCUT2D eigenvalue weighted by molar-refractivity contribution is -0.173. The van der Waals surface area contributed by atoms with Gasteiger partial charge >= 0.3 is 11.9 Å². The minimum atomic E-state index is -4.21. The number of ether oxygens (including phenoxy) is 3. The largest absolute Gasteiger partial charge is 0.467 e. The number of halogens is 1. The Morgan fingerprint density at radius 1 is 0.949 bits per heavy atom. The van der Waals surface area contributed by atoms with Crippen LogP contribution in [-0.2, 0) is 39.4 Å². The van der Waals surface area contributed by atoms with Crippen LogP contribution in [0.2, 0.25) is 5.02 Å². The lowest BCUT2D eigenvalue weighted by Crippen LogP contribution is -2.45. The molecule has 0 aliphatic rings. The smallest absolute Gasteiger partial charge is 0.354 e. The van der Waals surface area contributed by atoms with Gasteiger partial charge in [0.2, 0.25) is 5.60 Å². The summed E-state index contributed by atoms with van der Waals surface area (Å²) in [6, 6.07) is 21.3. The van der Waals surface area contributed by atoms with Crippen LogP contribution in [0.15, 0.2) is 95.5 Å². The topological polar surface area (TPSA) is 108 Å². The van der Waals surface area contributed by atoms with Crippen molar-refractivity contribution in [2.75, 3.05) is 20.8 Å². The van der Waals surface area contributed by atoms with Crippen LogP contribution in [0.25, 0.3) is 0 Å². The van der Waals surface area contributed by atoms with Gasteiger partial charge in [-0.25, -0.2) is 18.0 Å². The Morgan fingerprint density at radius 2 is 1.56 bits per heavy atom. The number of rotatable bonds is 11. The van der Waals surface area contributed by atoms with Crippen molar-refractivity contribution < 1.29 is 32.2 Å². The van der Waals surface area contributed by atoms with E-state index in [4.69, 9.17) is 25.8 Å². The number of sulfonamides is 1. The molecule has 3 rings (SSSR count). The molecule has 0 bridgehead atoms. The predicted molar refractivity (Wildman–Crippen MR) is 148 cm³/mol. The molecule has 0 aliphatic carbocycles. The van der Waals surface area contributed by atoms with Gasteiger partial charge in [0.25, 0.3) is 10.0 Å². The fourth-order valence-electron chi connectivity index (χ4n) is 4.18. The molecule has 8 nitrogen and oxygen atoms in total. The van der Waals surface area contributed by atoms with Gasteiger partial charge in [0.15, 0.2) is 0 Å². The minimum absolute atomic E-state index is 0.0574. The van der Waals surface area contributed by atoms with E-state index in [0.717, 1.165) is 12.7 Å². The highest BCUT2D eigenvalue weighted by Gasteiger charge is 2.50. The predicted octanol–water partition coefficient (Wildman–Crippen LogP) is 4.87. The first-order valence-corrected chi connectivity index (χ1v) is 13.9. The van der Waals surface area contributed by atoms with Crippen molar-refractivity contribution >= 4 is 33.6 Å². The summed E-state index contributed by atoms with van der Waals surface area (Å²) in [7, 11) is -1.86. The molecule has 1 N–H and O–H groups in total. The Hall–Kier alpha value is -3.66. The molecular weight excluding hydrogens is 542 g/mol. The van der Waals surface area contributed by atoms with Crippen molar-refractivity contribution in [3.63, 3.8) is 0 Å². The van der Waals surface area contributed by atoms with Gasteiger partial charge in [0, 0.05) is 17.5 Å². The van der Waals surface area contributed by atoms with E-state index in [0.29, 0.717) is 16.1 Å². The average molecular weight is 572 g/mol.